The highest BCUT2D eigenvalue weighted by molar-refractivity contribution is 7.51. The minimum atomic E-state index is -3.77. The van der Waals surface area contributed by atoms with Gasteiger partial charge in [-0.05, 0) is 12.8 Å². The van der Waals surface area contributed by atoms with Gasteiger partial charge in [0.2, 0.25) is 6.08 Å². The summed E-state index contributed by atoms with van der Waals surface area (Å²) in [5.41, 5.74) is 0. The lowest BCUT2D eigenvalue weighted by Gasteiger charge is -2.05. The van der Waals surface area contributed by atoms with Crippen LogP contribution in [0.25, 0.3) is 0 Å². The van der Waals surface area contributed by atoms with Crippen LogP contribution < -0.4 is 0 Å². The van der Waals surface area contributed by atoms with Gasteiger partial charge in [-0.2, -0.15) is 0 Å². The highest BCUT2D eigenvalue weighted by Gasteiger charge is 2.10. The maximum Gasteiger partial charge on any atom is 0.325 e. The zero-order valence-corrected chi connectivity index (χ0v) is 23.1. The van der Waals surface area contributed by atoms with Crippen molar-refractivity contribution in [1.82, 2.24) is 0 Å². The summed E-state index contributed by atoms with van der Waals surface area (Å²) in [6.45, 7) is 0.654. The molecule has 0 radical (unpaired) electrons. The molecule has 6 heteroatoms. The van der Waals surface area contributed by atoms with Gasteiger partial charge < -0.3 is 9.79 Å². The Bertz CT molecular complexity index is 503. The van der Waals surface area contributed by atoms with Gasteiger partial charge in [0.25, 0.3) is 0 Å². The molecule has 0 aliphatic rings. The van der Waals surface area contributed by atoms with Crippen molar-refractivity contribution >= 4 is 13.7 Å². The first-order valence-electron chi connectivity index (χ1n) is 14.6. The molecule has 0 unspecified atom stereocenters. The van der Waals surface area contributed by atoms with Gasteiger partial charge in [0.05, 0.1) is 6.54 Å². The number of nitrogens with zero attached hydrogens (tertiary/aromatic N) is 1. The third-order valence-electron chi connectivity index (χ3n) is 6.78. The van der Waals surface area contributed by atoms with Crippen molar-refractivity contribution in [3.63, 3.8) is 0 Å². The Labute approximate surface area is 211 Å². The second-order valence-electron chi connectivity index (χ2n) is 10.2. The standard InChI is InChI=1S/C28H56NO4P/c30-28-29-26-24-22-20-18-16-14-12-10-8-6-4-2-1-3-5-7-9-11-13-15-17-19-21-23-25-27-34(31,32)33/h1-27H2,(H2,31,32,33). The molecule has 0 spiro atoms. The monoisotopic (exact) mass is 501 g/mol. The molecule has 0 bridgehead atoms. The Morgan fingerprint density at radius 1 is 0.441 bits per heavy atom. The van der Waals surface area contributed by atoms with E-state index >= 15 is 0 Å². The van der Waals surface area contributed by atoms with Gasteiger partial charge in [0.15, 0.2) is 0 Å². The number of isocyanates is 1. The summed E-state index contributed by atoms with van der Waals surface area (Å²) in [6.07, 6.45) is 34.0. The highest BCUT2D eigenvalue weighted by Crippen LogP contribution is 2.35. The Kier molecular flexibility index (Phi) is 26.7. The van der Waals surface area contributed by atoms with Gasteiger partial charge >= 0.3 is 7.60 Å². The molecule has 0 aliphatic carbocycles. The molecule has 0 rings (SSSR count). The largest absolute Gasteiger partial charge is 0.325 e. The Morgan fingerprint density at radius 2 is 0.676 bits per heavy atom. The van der Waals surface area contributed by atoms with Gasteiger partial charge in [0.1, 0.15) is 0 Å². The fourth-order valence-electron chi connectivity index (χ4n) is 4.62. The minimum Gasteiger partial charge on any atom is -0.324 e. The van der Waals surface area contributed by atoms with Crippen LogP contribution in [0.15, 0.2) is 4.99 Å². The smallest absolute Gasteiger partial charge is 0.324 e. The zero-order chi connectivity index (χ0) is 25.0. The maximum absolute atomic E-state index is 10.8. The second kappa shape index (κ2) is 27.1. The van der Waals surface area contributed by atoms with E-state index in [2.05, 4.69) is 4.99 Å². The SMILES string of the molecule is O=C=NCCCCCCCCCCCCCCCCCCCCCCCCCCCP(=O)(O)O. The predicted octanol–water partition coefficient (Wildman–Crippen LogP) is 9.25. The average Bonchev–Trinajstić information content (AvgIpc) is 2.80. The van der Waals surface area contributed by atoms with Crippen molar-refractivity contribution in [2.45, 2.75) is 161 Å². The first-order chi connectivity index (χ1) is 16.6. The van der Waals surface area contributed by atoms with Crippen LogP contribution in [0.1, 0.15) is 161 Å². The van der Waals surface area contributed by atoms with Crippen molar-refractivity contribution in [2.75, 3.05) is 12.7 Å². The predicted molar refractivity (Wildman–Crippen MR) is 145 cm³/mol. The van der Waals surface area contributed by atoms with Gasteiger partial charge in [0, 0.05) is 6.16 Å². The average molecular weight is 502 g/mol. The van der Waals surface area contributed by atoms with Crippen molar-refractivity contribution in [3.8, 4) is 0 Å². The minimum absolute atomic E-state index is 0.0533. The summed E-state index contributed by atoms with van der Waals surface area (Å²) in [4.78, 5) is 31.2. The summed E-state index contributed by atoms with van der Waals surface area (Å²) in [7, 11) is -3.77. The van der Waals surface area contributed by atoms with Crippen LogP contribution in [-0.4, -0.2) is 28.6 Å². The lowest BCUT2D eigenvalue weighted by molar-refractivity contribution is 0.370. The maximum atomic E-state index is 10.8. The molecule has 0 atom stereocenters. The molecule has 202 valence electrons. The summed E-state index contributed by atoms with van der Waals surface area (Å²) in [5.74, 6) is 0. The van der Waals surface area contributed by atoms with E-state index < -0.39 is 7.60 Å². The third-order valence-corrected chi connectivity index (χ3v) is 7.68. The van der Waals surface area contributed by atoms with E-state index in [1.165, 1.54) is 135 Å². The van der Waals surface area contributed by atoms with Crippen LogP contribution in [0.4, 0.5) is 0 Å². The van der Waals surface area contributed by atoms with Crippen LogP contribution in [0, 0.1) is 0 Å². The lowest BCUT2D eigenvalue weighted by atomic mass is 10.0. The van der Waals surface area contributed by atoms with E-state index in [1.54, 1.807) is 6.08 Å². The van der Waals surface area contributed by atoms with Crippen molar-refractivity contribution in [1.29, 1.82) is 0 Å². The quantitative estimate of drug-likeness (QED) is 0.0484. The first kappa shape index (κ1) is 33.5. The Morgan fingerprint density at radius 3 is 0.912 bits per heavy atom. The number of hydrogen-bond donors (Lipinski definition) is 2. The van der Waals surface area contributed by atoms with Crippen molar-refractivity contribution < 1.29 is 19.1 Å². The first-order valence-corrected chi connectivity index (χ1v) is 16.4. The van der Waals surface area contributed by atoms with E-state index in [1.807, 2.05) is 0 Å². The van der Waals surface area contributed by atoms with E-state index in [-0.39, 0.29) is 6.16 Å². The fraction of sp³-hybridized carbons (Fsp3) is 0.964. The number of unbranched alkanes of at least 4 members (excludes halogenated alkanes) is 24. The molecular weight excluding hydrogens is 445 g/mol. The number of hydrogen-bond acceptors (Lipinski definition) is 3. The molecule has 0 aromatic heterocycles. The molecule has 0 amide bonds. The van der Waals surface area contributed by atoms with E-state index in [0.29, 0.717) is 13.0 Å². The molecule has 0 aromatic rings. The summed E-state index contributed by atoms with van der Waals surface area (Å²) in [5, 5.41) is 0. The molecule has 2 N–H and O–H groups in total. The third kappa shape index (κ3) is 31.5. The van der Waals surface area contributed by atoms with Crippen LogP contribution in [0.5, 0.6) is 0 Å². The molecule has 0 aliphatic heterocycles. The number of carbonyl (C=O) groups excluding carboxylic acids is 1. The van der Waals surface area contributed by atoms with Crippen molar-refractivity contribution in [3.05, 3.63) is 0 Å². The van der Waals surface area contributed by atoms with Gasteiger partial charge in [-0.25, -0.2) is 9.79 Å². The summed E-state index contributed by atoms with van der Waals surface area (Å²) >= 11 is 0. The van der Waals surface area contributed by atoms with E-state index in [9.17, 15) is 9.36 Å². The molecule has 34 heavy (non-hydrogen) atoms. The van der Waals surface area contributed by atoms with E-state index in [0.717, 1.165) is 19.3 Å². The molecule has 0 fully saturated rings. The van der Waals surface area contributed by atoms with Crippen LogP contribution in [-0.2, 0) is 9.36 Å². The van der Waals surface area contributed by atoms with E-state index in [4.69, 9.17) is 9.79 Å². The summed E-state index contributed by atoms with van der Waals surface area (Å²) in [6, 6.07) is 0. The molecule has 0 saturated carbocycles. The highest BCUT2D eigenvalue weighted by atomic mass is 31.2. The molecule has 0 saturated heterocycles. The van der Waals surface area contributed by atoms with Crippen LogP contribution >= 0.6 is 7.60 Å². The molecular formula is C28H56NO4P. The topological polar surface area (TPSA) is 87.0 Å². The number of aliphatic imine (C=N–C) groups is 1. The van der Waals surface area contributed by atoms with Gasteiger partial charge in [-0.15, -0.1) is 0 Å². The number of rotatable bonds is 28. The van der Waals surface area contributed by atoms with Crippen molar-refractivity contribution in [2.24, 2.45) is 4.99 Å². The second-order valence-corrected chi connectivity index (χ2v) is 12.0. The molecule has 0 heterocycles. The lowest BCUT2D eigenvalue weighted by Crippen LogP contribution is -1.88. The normalized spacial score (nSPS) is 11.6. The van der Waals surface area contributed by atoms with Crippen LogP contribution in [0.3, 0.4) is 0 Å². The Balaban J connectivity index is 3.05. The molecule has 5 nitrogen and oxygen atoms in total. The van der Waals surface area contributed by atoms with Gasteiger partial charge in [-0.1, -0.05) is 148 Å². The molecule has 0 aromatic carbocycles. The Hall–Kier alpha value is -0.470. The zero-order valence-electron chi connectivity index (χ0n) is 22.2. The summed E-state index contributed by atoms with van der Waals surface area (Å²) < 4.78 is 10.8. The van der Waals surface area contributed by atoms with Gasteiger partial charge in [-0.3, -0.25) is 4.57 Å². The fourth-order valence-corrected chi connectivity index (χ4v) is 5.26. The van der Waals surface area contributed by atoms with Crippen LogP contribution in [0.2, 0.25) is 0 Å².